The Kier molecular flexibility index (Phi) is 7.52. The highest BCUT2D eigenvalue weighted by Gasteiger charge is 2.51. The van der Waals surface area contributed by atoms with Crippen LogP contribution in [0.5, 0.6) is 0 Å². The van der Waals surface area contributed by atoms with Gasteiger partial charge in [-0.15, -0.1) is 33.9 Å². The second-order valence-corrected chi connectivity index (χ2v) is 11.7. The van der Waals surface area contributed by atoms with E-state index in [4.69, 9.17) is 9.15 Å². The Morgan fingerprint density at radius 2 is 1.78 bits per heavy atom. The number of aromatic nitrogens is 2. The normalized spacial score (nSPS) is 27.1. The molecule has 4 fully saturated rings. The van der Waals surface area contributed by atoms with Gasteiger partial charge in [0.2, 0.25) is 5.89 Å². The third kappa shape index (κ3) is 4.85. The van der Waals surface area contributed by atoms with Gasteiger partial charge in [0.25, 0.3) is 5.89 Å². The lowest BCUT2D eigenvalue weighted by Gasteiger charge is -2.51. The fourth-order valence-corrected chi connectivity index (χ4v) is 7.54. The first-order valence-corrected chi connectivity index (χ1v) is 14.0. The van der Waals surface area contributed by atoms with Gasteiger partial charge in [0.15, 0.2) is 12.6 Å². The number of carbonyl (C=O) groups is 1. The minimum absolute atomic E-state index is 0. The number of carbonyl (C=O) groups excluding carboxylic acids is 1. The highest BCUT2D eigenvalue weighted by Crippen LogP contribution is 2.44. The van der Waals surface area contributed by atoms with Crippen LogP contribution in [-0.2, 0) is 21.5 Å². The molecule has 2 bridgehead atoms. The molecule has 1 saturated carbocycles. The predicted octanol–water partition coefficient (Wildman–Crippen LogP) is 6.16. The summed E-state index contributed by atoms with van der Waals surface area (Å²) in [5.74, 6) is 1.73. The first-order chi connectivity index (χ1) is 17.2. The molecule has 3 aliphatic heterocycles. The third-order valence-electron chi connectivity index (χ3n) is 8.60. The summed E-state index contributed by atoms with van der Waals surface area (Å²) in [6.07, 6.45) is 8.59. The van der Waals surface area contributed by atoms with Crippen LogP contribution in [0, 0.1) is 5.92 Å². The molecule has 192 valence electrons. The van der Waals surface area contributed by atoms with Crippen LogP contribution in [0.1, 0.15) is 62.1 Å². The molecule has 0 N–H and O–H groups in total. The maximum Gasteiger partial charge on any atom is 0.317 e. The largest absolute Gasteiger partial charge is 0.455 e. The number of fused-ring (bicyclic) bond motifs is 3. The number of nitrogens with zero attached hydrogens (tertiary/aromatic N) is 3. The molecular weight excluding hydrogens is 494 g/mol. The van der Waals surface area contributed by atoms with Crippen LogP contribution in [0.2, 0.25) is 0 Å². The van der Waals surface area contributed by atoms with Crippen molar-refractivity contribution >= 4 is 29.7 Å². The van der Waals surface area contributed by atoms with E-state index in [9.17, 15) is 4.79 Å². The fraction of sp³-hybridized carbons (Fsp3) is 0.536. The minimum Gasteiger partial charge on any atom is -0.455 e. The molecular formula is C28H35ClN3O3S+. The zero-order valence-corrected chi connectivity index (χ0v) is 22.3. The van der Waals surface area contributed by atoms with Crippen LogP contribution in [0.25, 0.3) is 11.5 Å². The van der Waals surface area contributed by atoms with Gasteiger partial charge in [-0.25, -0.2) is 0 Å². The van der Waals surface area contributed by atoms with Gasteiger partial charge >= 0.3 is 5.97 Å². The van der Waals surface area contributed by atoms with E-state index in [-0.39, 0.29) is 24.5 Å². The number of thiophene rings is 1. The molecule has 4 aliphatic rings. The van der Waals surface area contributed by atoms with Crippen LogP contribution in [0.15, 0.2) is 52.3 Å². The van der Waals surface area contributed by atoms with E-state index in [0.717, 1.165) is 68.2 Å². The van der Waals surface area contributed by atoms with Gasteiger partial charge in [0.1, 0.15) is 12.0 Å². The van der Waals surface area contributed by atoms with Gasteiger partial charge < -0.3 is 13.6 Å². The quantitative estimate of drug-likeness (QED) is 0.217. The molecule has 0 amide bonds. The van der Waals surface area contributed by atoms with Gasteiger partial charge in [0.05, 0.1) is 13.1 Å². The average molecular weight is 529 g/mol. The highest BCUT2D eigenvalue weighted by molar-refractivity contribution is 7.10. The number of quaternary nitrogens is 1. The van der Waals surface area contributed by atoms with Crippen molar-refractivity contribution in [3.05, 3.63) is 58.6 Å². The zero-order chi connectivity index (χ0) is 23.7. The summed E-state index contributed by atoms with van der Waals surface area (Å²) in [5.41, 5.74) is 0.483. The third-order valence-corrected chi connectivity index (χ3v) is 9.67. The smallest absolute Gasteiger partial charge is 0.317 e. The molecule has 0 spiro atoms. The van der Waals surface area contributed by atoms with Crippen LogP contribution in [-0.4, -0.2) is 46.4 Å². The summed E-state index contributed by atoms with van der Waals surface area (Å²) < 4.78 is 13.4. The lowest BCUT2D eigenvalue weighted by atomic mass is 9.78. The Balaban J connectivity index is 0.00000267. The Morgan fingerprint density at radius 1 is 1.03 bits per heavy atom. The summed E-state index contributed by atoms with van der Waals surface area (Å²) in [5, 5.41) is 10.8. The highest BCUT2D eigenvalue weighted by atomic mass is 35.5. The number of hydrogen-bond donors (Lipinski definition) is 0. The first kappa shape index (κ1) is 25.4. The summed E-state index contributed by atoms with van der Waals surface area (Å²) >= 11 is 1.71. The summed E-state index contributed by atoms with van der Waals surface area (Å²) in [6, 6.07) is 14.1. The van der Waals surface area contributed by atoms with Gasteiger partial charge in [-0.2, -0.15) is 0 Å². The Labute approximate surface area is 223 Å². The SMILES string of the molecule is Cl.O=C(O[C@H]1C[N+]2(Cc3nnc(-c4ccccc4)o3)CCC1CC2)C1(c2cccs2)CCCCCC1. The van der Waals surface area contributed by atoms with Gasteiger partial charge in [-0.3, -0.25) is 4.79 Å². The molecule has 1 aliphatic carbocycles. The number of ether oxygens (including phenoxy) is 1. The number of halogens is 1. The van der Waals surface area contributed by atoms with E-state index in [1.54, 1.807) is 11.3 Å². The molecule has 2 aromatic heterocycles. The molecule has 0 unspecified atom stereocenters. The van der Waals surface area contributed by atoms with E-state index in [1.165, 1.54) is 17.7 Å². The molecule has 5 heterocycles. The molecule has 1 aromatic carbocycles. The van der Waals surface area contributed by atoms with Crippen molar-refractivity contribution in [1.82, 2.24) is 10.2 Å². The average Bonchev–Trinajstić information content (AvgIpc) is 3.53. The van der Waals surface area contributed by atoms with Gasteiger partial charge in [-0.05, 0) is 36.4 Å². The lowest BCUT2D eigenvalue weighted by Crippen LogP contribution is -2.64. The number of benzene rings is 1. The Bertz CT molecular complexity index is 1130. The first-order valence-electron chi connectivity index (χ1n) is 13.1. The second-order valence-electron chi connectivity index (χ2n) is 10.8. The van der Waals surface area contributed by atoms with Crippen molar-refractivity contribution in [1.29, 1.82) is 0 Å². The van der Waals surface area contributed by atoms with Crippen molar-refractivity contribution in [2.24, 2.45) is 5.92 Å². The number of rotatable bonds is 6. The summed E-state index contributed by atoms with van der Waals surface area (Å²) in [6.45, 7) is 3.71. The lowest BCUT2D eigenvalue weighted by molar-refractivity contribution is -0.959. The zero-order valence-electron chi connectivity index (χ0n) is 20.6. The van der Waals surface area contributed by atoms with E-state index in [2.05, 4.69) is 27.7 Å². The van der Waals surface area contributed by atoms with Crippen molar-refractivity contribution in [3.8, 4) is 11.5 Å². The Morgan fingerprint density at radius 3 is 2.47 bits per heavy atom. The van der Waals surface area contributed by atoms with Crippen LogP contribution in [0.3, 0.4) is 0 Å². The van der Waals surface area contributed by atoms with E-state index < -0.39 is 5.41 Å². The minimum atomic E-state index is -0.460. The molecule has 3 aromatic rings. The molecule has 7 rings (SSSR count). The molecule has 1 atom stereocenters. The topological polar surface area (TPSA) is 65.2 Å². The predicted molar refractivity (Wildman–Crippen MR) is 142 cm³/mol. The maximum atomic E-state index is 13.9. The van der Waals surface area contributed by atoms with Crippen LogP contribution >= 0.6 is 23.7 Å². The van der Waals surface area contributed by atoms with E-state index in [0.29, 0.717) is 24.2 Å². The van der Waals surface area contributed by atoms with Crippen molar-refractivity contribution < 1.29 is 18.4 Å². The van der Waals surface area contributed by atoms with Crippen LogP contribution in [0.4, 0.5) is 0 Å². The van der Waals surface area contributed by atoms with Crippen molar-refractivity contribution in [2.45, 2.75) is 69.4 Å². The number of esters is 1. The standard InChI is InChI=1S/C28H34N3O3S.ClH/c32-27(28(24-11-8-18-35-24)14-6-1-2-7-15-28)33-23-19-31(16-12-21(23)13-17-31)20-25-29-30-26(34-25)22-9-4-3-5-10-22;/h3-5,8-11,18,21,23H,1-2,6-7,12-17,19-20H2;1H/q+1;/t21?,23-,31?;/m0./s1. The number of piperidine rings is 3. The maximum absolute atomic E-state index is 13.9. The molecule has 3 saturated heterocycles. The summed E-state index contributed by atoms with van der Waals surface area (Å²) in [4.78, 5) is 15.1. The van der Waals surface area contributed by atoms with E-state index in [1.807, 2.05) is 30.3 Å². The van der Waals surface area contributed by atoms with Crippen LogP contribution < -0.4 is 0 Å². The van der Waals surface area contributed by atoms with Crippen molar-refractivity contribution in [2.75, 3.05) is 19.6 Å². The number of hydrogen-bond acceptors (Lipinski definition) is 6. The molecule has 8 heteroatoms. The summed E-state index contributed by atoms with van der Waals surface area (Å²) in [7, 11) is 0. The molecule has 0 radical (unpaired) electrons. The van der Waals surface area contributed by atoms with Gasteiger partial charge in [-0.1, -0.05) is 49.9 Å². The molecule has 36 heavy (non-hydrogen) atoms. The van der Waals surface area contributed by atoms with Crippen molar-refractivity contribution in [3.63, 3.8) is 0 Å². The molecule has 6 nitrogen and oxygen atoms in total. The second kappa shape index (κ2) is 10.6. The van der Waals surface area contributed by atoms with Gasteiger partial charge in [0, 0.05) is 29.2 Å². The Hall–Kier alpha value is -2.22. The van der Waals surface area contributed by atoms with E-state index >= 15 is 0 Å². The monoisotopic (exact) mass is 528 g/mol. The fourth-order valence-electron chi connectivity index (χ4n) is 6.56.